The highest BCUT2D eigenvalue weighted by molar-refractivity contribution is 6.03. The minimum Gasteiger partial charge on any atom is -0.478 e. The number of rotatable bonds is 2. The first kappa shape index (κ1) is 11.7. The topological polar surface area (TPSA) is 42.2 Å². The lowest BCUT2D eigenvalue weighted by atomic mass is 9.97. The fraction of sp³-hybridized carbons (Fsp3) is 0.357. The summed E-state index contributed by atoms with van der Waals surface area (Å²) in [7, 11) is 0. The van der Waals surface area contributed by atoms with Gasteiger partial charge in [0.05, 0.1) is 5.56 Å². The Hall–Kier alpha value is -1.77. The largest absolute Gasteiger partial charge is 0.478 e. The van der Waals surface area contributed by atoms with Crippen LogP contribution in [0.3, 0.4) is 0 Å². The third-order valence-electron chi connectivity index (χ3n) is 2.66. The van der Waals surface area contributed by atoms with Crippen molar-refractivity contribution in [3.8, 4) is 0 Å². The molecule has 0 bridgehead atoms. The lowest BCUT2D eigenvalue weighted by molar-refractivity contribution is 0.0698. The summed E-state index contributed by atoms with van der Waals surface area (Å²) in [5.41, 5.74) is 1.49. The zero-order valence-corrected chi connectivity index (χ0v) is 10.4. The number of aromatic carboxylic acids is 1. The first-order valence-electron chi connectivity index (χ1n) is 5.70. The van der Waals surface area contributed by atoms with Crippen LogP contribution >= 0.6 is 0 Å². The molecular formula is C14H17NO2. The highest BCUT2D eigenvalue weighted by Gasteiger charge is 2.17. The zero-order valence-electron chi connectivity index (χ0n) is 10.4. The summed E-state index contributed by atoms with van der Waals surface area (Å²) >= 11 is 0. The van der Waals surface area contributed by atoms with Crippen molar-refractivity contribution in [1.29, 1.82) is 0 Å². The molecule has 0 saturated carbocycles. The molecule has 3 nitrogen and oxygen atoms in total. The molecule has 17 heavy (non-hydrogen) atoms. The fourth-order valence-electron chi connectivity index (χ4n) is 2.06. The van der Waals surface area contributed by atoms with E-state index in [4.69, 9.17) is 0 Å². The Morgan fingerprint density at radius 2 is 1.94 bits per heavy atom. The summed E-state index contributed by atoms with van der Waals surface area (Å²) in [6.45, 7) is 7.23. The van der Waals surface area contributed by atoms with E-state index in [2.05, 4.69) is 20.8 Å². The smallest absolute Gasteiger partial charge is 0.337 e. The van der Waals surface area contributed by atoms with E-state index >= 15 is 0 Å². The Morgan fingerprint density at radius 1 is 1.29 bits per heavy atom. The number of carboxylic acid groups (broad SMARTS) is 1. The monoisotopic (exact) mass is 231 g/mol. The molecule has 3 heteroatoms. The number of benzene rings is 1. The summed E-state index contributed by atoms with van der Waals surface area (Å²) in [6.07, 6.45) is 1.73. The second-order valence-electron chi connectivity index (χ2n) is 5.55. The van der Waals surface area contributed by atoms with Gasteiger partial charge in [-0.05, 0) is 11.5 Å². The fourth-order valence-corrected chi connectivity index (χ4v) is 2.06. The Balaban J connectivity index is 2.61. The minimum atomic E-state index is -0.867. The molecule has 90 valence electrons. The Morgan fingerprint density at radius 3 is 2.53 bits per heavy atom. The molecule has 1 aromatic heterocycles. The van der Waals surface area contributed by atoms with Crippen molar-refractivity contribution >= 4 is 16.9 Å². The number of hydrogen-bond donors (Lipinski definition) is 1. The van der Waals surface area contributed by atoms with Gasteiger partial charge in [0.1, 0.15) is 0 Å². The summed E-state index contributed by atoms with van der Waals surface area (Å²) in [6, 6.07) is 7.63. The van der Waals surface area contributed by atoms with Crippen molar-refractivity contribution < 1.29 is 9.90 Å². The van der Waals surface area contributed by atoms with E-state index in [0.29, 0.717) is 5.56 Å². The number of hydrogen-bond acceptors (Lipinski definition) is 1. The number of fused-ring (bicyclic) bond motifs is 1. The van der Waals surface area contributed by atoms with Gasteiger partial charge in [-0.1, -0.05) is 39.0 Å². The first-order chi connectivity index (χ1) is 7.88. The lowest BCUT2D eigenvalue weighted by Crippen LogP contribution is -2.14. The van der Waals surface area contributed by atoms with E-state index in [1.54, 1.807) is 6.20 Å². The van der Waals surface area contributed by atoms with Crippen molar-refractivity contribution in [3.05, 3.63) is 36.0 Å². The van der Waals surface area contributed by atoms with Crippen molar-refractivity contribution in [1.82, 2.24) is 4.57 Å². The molecule has 1 heterocycles. The molecule has 0 aliphatic heterocycles. The van der Waals surface area contributed by atoms with Gasteiger partial charge < -0.3 is 9.67 Å². The molecule has 0 saturated heterocycles. The molecule has 0 fully saturated rings. The number of carboxylic acids is 1. The van der Waals surface area contributed by atoms with Gasteiger partial charge in [-0.2, -0.15) is 0 Å². The molecule has 0 atom stereocenters. The molecule has 0 aliphatic carbocycles. The van der Waals surface area contributed by atoms with E-state index in [-0.39, 0.29) is 5.41 Å². The van der Waals surface area contributed by atoms with Crippen molar-refractivity contribution in [2.24, 2.45) is 5.41 Å². The van der Waals surface area contributed by atoms with Gasteiger partial charge in [0.25, 0.3) is 0 Å². The predicted octanol–water partition coefficient (Wildman–Crippen LogP) is 3.39. The lowest BCUT2D eigenvalue weighted by Gasteiger charge is -2.19. The van der Waals surface area contributed by atoms with Crippen LogP contribution in [0.2, 0.25) is 0 Å². The van der Waals surface area contributed by atoms with Crippen molar-refractivity contribution in [3.63, 3.8) is 0 Å². The van der Waals surface area contributed by atoms with Crippen LogP contribution in [-0.4, -0.2) is 15.6 Å². The van der Waals surface area contributed by atoms with Crippen molar-refractivity contribution in [2.75, 3.05) is 0 Å². The van der Waals surface area contributed by atoms with Crippen LogP contribution in [0.4, 0.5) is 0 Å². The highest BCUT2D eigenvalue weighted by Crippen LogP contribution is 2.25. The minimum absolute atomic E-state index is 0.123. The van der Waals surface area contributed by atoms with Gasteiger partial charge in [0.15, 0.2) is 0 Å². The third-order valence-corrected chi connectivity index (χ3v) is 2.66. The SMILES string of the molecule is CC(C)(C)Cn1cc(C(=O)O)c2ccccc21. The maximum atomic E-state index is 11.2. The summed E-state index contributed by atoms with van der Waals surface area (Å²) in [4.78, 5) is 11.2. The highest BCUT2D eigenvalue weighted by atomic mass is 16.4. The summed E-state index contributed by atoms with van der Waals surface area (Å²) < 4.78 is 2.03. The number of nitrogens with zero attached hydrogens (tertiary/aromatic N) is 1. The van der Waals surface area contributed by atoms with Gasteiger partial charge in [0, 0.05) is 23.6 Å². The molecule has 0 unspecified atom stereocenters. The molecule has 2 aromatic rings. The standard InChI is InChI=1S/C14H17NO2/c1-14(2,3)9-15-8-11(13(16)17)10-6-4-5-7-12(10)15/h4-8H,9H2,1-3H3,(H,16,17). The molecule has 0 amide bonds. The summed E-state index contributed by atoms with van der Waals surface area (Å²) in [5.74, 6) is -0.867. The second kappa shape index (κ2) is 3.91. The normalized spacial score (nSPS) is 11.9. The van der Waals surface area contributed by atoms with E-state index in [1.165, 1.54) is 0 Å². The molecular weight excluding hydrogens is 214 g/mol. The number of carbonyl (C=O) groups is 1. The van der Waals surface area contributed by atoms with Gasteiger partial charge in [0.2, 0.25) is 0 Å². The van der Waals surface area contributed by atoms with Gasteiger partial charge >= 0.3 is 5.97 Å². The van der Waals surface area contributed by atoms with Gasteiger partial charge in [-0.3, -0.25) is 0 Å². The Kier molecular flexibility index (Phi) is 2.69. The van der Waals surface area contributed by atoms with Gasteiger partial charge in [-0.15, -0.1) is 0 Å². The maximum Gasteiger partial charge on any atom is 0.337 e. The second-order valence-corrected chi connectivity index (χ2v) is 5.55. The molecule has 0 spiro atoms. The van der Waals surface area contributed by atoms with Crippen LogP contribution in [0.1, 0.15) is 31.1 Å². The summed E-state index contributed by atoms with van der Waals surface area (Å²) in [5, 5.41) is 9.99. The average molecular weight is 231 g/mol. The van der Waals surface area contributed by atoms with Crippen LogP contribution in [0, 0.1) is 5.41 Å². The zero-order chi connectivity index (χ0) is 12.6. The number of para-hydroxylation sites is 1. The Bertz CT molecular complexity index is 561. The van der Waals surface area contributed by atoms with E-state index < -0.39 is 5.97 Å². The molecule has 0 radical (unpaired) electrons. The third kappa shape index (κ3) is 2.33. The molecule has 0 aliphatic rings. The van der Waals surface area contributed by atoms with Crippen LogP contribution in [0.15, 0.2) is 30.5 Å². The quantitative estimate of drug-likeness (QED) is 0.860. The van der Waals surface area contributed by atoms with Crippen molar-refractivity contribution in [2.45, 2.75) is 27.3 Å². The number of aromatic nitrogens is 1. The molecule has 1 aromatic carbocycles. The average Bonchev–Trinajstić information content (AvgIpc) is 2.55. The van der Waals surface area contributed by atoms with Crippen LogP contribution in [0.25, 0.3) is 10.9 Å². The Labute approximate surface area is 101 Å². The van der Waals surface area contributed by atoms with E-state index in [1.807, 2.05) is 28.8 Å². The van der Waals surface area contributed by atoms with Gasteiger partial charge in [-0.25, -0.2) is 4.79 Å². The van der Waals surface area contributed by atoms with E-state index in [9.17, 15) is 9.90 Å². The molecule has 2 rings (SSSR count). The van der Waals surface area contributed by atoms with Crippen LogP contribution < -0.4 is 0 Å². The predicted molar refractivity (Wildman–Crippen MR) is 68.4 cm³/mol. The van der Waals surface area contributed by atoms with E-state index in [0.717, 1.165) is 17.4 Å². The van der Waals surface area contributed by atoms with Crippen LogP contribution in [0.5, 0.6) is 0 Å². The first-order valence-corrected chi connectivity index (χ1v) is 5.70. The van der Waals surface area contributed by atoms with Crippen LogP contribution in [-0.2, 0) is 6.54 Å². The molecule has 1 N–H and O–H groups in total. The maximum absolute atomic E-state index is 11.2.